The highest BCUT2D eigenvalue weighted by Crippen LogP contribution is 2.26. The summed E-state index contributed by atoms with van der Waals surface area (Å²) in [7, 11) is 1.86. The zero-order valence-electron chi connectivity index (χ0n) is 11.0. The minimum absolute atomic E-state index is 0.211. The van der Waals surface area contributed by atoms with E-state index >= 15 is 0 Å². The van der Waals surface area contributed by atoms with Crippen LogP contribution < -0.4 is 5.32 Å². The van der Waals surface area contributed by atoms with Crippen LogP contribution in [0.15, 0.2) is 0 Å². The molecule has 0 aromatic carbocycles. The van der Waals surface area contributed by atoms with Crippen LogP contribution in [0.3, 0.4) is 0 Å². The van der Waals surface area contributed by atoms with Crippen molar-refractivity contribution in [3.63, 3.8) is 0 Å². The van der Waals surface area contributed by atoms with Gasteiger partial charge in [-0.2, -0.15) is 0 Å². The quantitative estimate of drug-likeness (QED) is 0.778. The second kappa shape index (κ2) is 6.89. The van der Waals surface area contributed by atoms with Crippen molar-refractivity contribution in [2.75, 3.05) is 20.1 Å². The molecular weight excluding hydrogens is 200 g/mol. The van der Waals surface area contributed by atoms with Crippen LogP contribution in [0.5, 0.6) is 0 Å². The summed E-state index contributed by atoms with van der Waals surface area (Å²) in [5.74, 6) is 0.983. The second-order valence-electron chi connectivity index (χ2n) is 4.85. The summed E-state index contributed by atoms with van der Waals surface area (Å²) < 4.78 is 0. The van der Waals surface area contributed by atoms with Crippen LogP contribution in [0, 0.1) is 5.92 Å². The van der Waals surface area contributed by atoms with E-state index in [0.29, 0.717) is 12.6 Å². The first-order valence-corrected chi connectivity index (χ1v) is 6.66. The highest BCUT2D eigenvalue weighted by Gasteiger charge is 2.23. The third-order valence-corrected chi connectivity index (χ3v) is 3.85. The van der Waals surface area contributed by atoms with Crippen LogP contribution in [0.4, 0.5) is 0 Å². The monoisotopic (exact) mass is 226 g/mol. The van der Waals surface area contributed by atoms with Gasteiger partial charge in [0.2, 0.25) is 5.91 Å². The largest absolute Gasteiger partial charge is 0.345 e. The fourth-order valence-electron chi connectivity index (χ4n) is 2.49. The minimum atomic E-state index is 0.211. The Hall–Kier alpha value is -0.570. The molecule has 1 saturated carbocycles. The second-order valence-corrected chi connectivity index (χ2v) is 4.85. The van der Waals surface area contributed by atoms with Gasteiger partial charge in [0.05, 0.1) is 6.54 Å². The number of rotatable bonds is 5. The number of nitrogens with one attached hydrogen (secondary N) is 1. The Balaban J connectivity index is 2.32. The van der Waals surface area contributed by atoms with E-state index in [0.717, 1.165) is 12.5 Å². The van der Waals surface area contributed by atoms with Gasteiger partial charge in [-0.1, -0.05) is 26.2 Å². The number of carbonyl (C=O) groups is 1. The predicted octanol–water partition coefficient (Wildman–Crippen LogP) is 2.02. The zero-order valence-corrected chi connectivity index (χ0v) is 11.0. The molecule has 0 aromatic heterocycles. The number of carbonyl (C=O) groups excluding carboxylic acids is 1. The van der Waals surface area contributed by atoms with Crippen molar-refractivity contribution in [1.29, 1.82) is 0 Å². The molecule has 2 atom stereocenters. The van der Waals surface area contributed by atoms with Crippen LogP contribution in [-0.4, -0.2) is 37.0 Å². The van der Waals surface area contributed by atoms with E-state index in [1.165, 1.54) is 32.1 Å². The maximum absolute atomic E-state index is 11.7. The van der Waals surface area contributed by atoms with Crippen molar-refractivity contribution in [2.45, 2.75) is 52.0 Å². The zero-order chi connectivity index (χ0) is 12.0. The average molecular weight is 226 g/mol. The molecule has 0 aromatic rings. The molecule has 0 aliphatic heterocycles. The van der Waals surface area contributed by atoms with Crippen LogP contribution in [0.2, 0.25) is 0 Å². The van der Waals surface area contributed by atoms with E-state index < -0.39 is 0 Å². The molecule has 0 spiro atoms. The van der Waals surface area contributed by atoms with Gasteiger partial charge < -0.3 is 10.2 Å². The Labute approximate surface area is 99.6 Å². The summed E-state index contributed by atoms with van der Waals surface area (Å²) in [6.07, 6.45) is 6.47. The Morgan fingerprint density at radius 3 is 2.62 bits per heavy atom. The highest BCUT2D eigenvalue weighted by molar-refractivity contribution is 5.77. The Kier molecular flexibility index (Phi) is 5.81. The van der Waals surface area contributed by atoms with Crippen LogP contribution in [0.1, 0.15) is 46.0 Å². The lowest BCUT2D eigenvalue weighted by molar-refractivity contribution is -0.129. The molecule has 3 nitrogen and oxygen atoms in total. The number of amides is 1. The van der Waals surface area contributed by atoms with Gasteiger partial charge >= 0.3 is 0 Å². The molecule has 1 fully saturated rings. The molecule has 1 N–H and O–H groups in total. The molecule has 2 unspecified atom stereocenters. The standard InChI is InChI=1S/C13H26N2O/c1-4-11-8-6-7-9-12(11)14-10-13(16)15(3)5-2/h11-12,14H,4-10H2,1-3H3. The van der Waals surface area contributed by atoms with Gasteiger partial charge in [0.1, 0.15) is 0 Å². The lowest BCUT2D eigenvalue weighted by atomic mass is 9.83. The molecular formula is C13H26N2O. The number of hydrogen-bond acceptors (Lipinski definition) is 2. The van der Waals surface area contributed by atoms with Crippen LogP contribution >= 0.6 is 0 Å². The Morgan fingerprint density at radius 1 is 1.31 bits per heavy atom. The van der Waals surface area contributed by atoms with E-state index in [1.807, 2.05) is 14.0 Å². The number of likely N-dealkylation sites (N-methyl/N-ethyl adjacent to an activating group) is 1. The maximum Gasteiger partial charge on any atom is 0.236 e. The molecule has 0 saturated heterocycles. The highest BCUT2D eigenvalue weighted by atomic mass is 16.2. The van der Waals surface area contributed by atoms with Crippen molar-refractivity contribution in [2.24, 2.45) is 5.92 Å². The third kappa shape index (κ3) is 3.78. The summed E-state index contributed by atoms with van der Waals surface area (Å²) in [6, 6.07) is 0.563. The SMILES string of the molecule is CCC1CCCCC1NCC(=O)N(C)CC. The first kappa shape index (κ1) is 13.5. The van der Waals surface area contributed by atoms with Gasteiger partial charge in [-0.15, -0.1) is 0 Å². The summed E-state index contributed by atoms with van der Waals surface area (Å²) in [5, 5.41) is 3.45. The van der Waals surface area contributed by atoms with Gasteiger partial charge in [0.15, 0.2) is 0 Å². The molecule has 16 heavy (non-hydrogen) atoms. The molecule has 1 aliphatic carbocycles. The minimum Gasteiger partial charge on any atom is -0.345 e. The number of nitrogens with zero attached hydrogens (tertiary/aromatic N) is 1. The average Bonchev–Trinajstić information content (AvgIpc) is 2.35. The normalized spacial score (nSPS) is 25.4. The fraction of sp³-hybridized carbons (Fsp3) is 0.923. The van der Waals surface area contributed by atoms with Crippen LogP contribution in [-0.2, 0) is 4.79 Å². The van der Waals surface area contributed by atoms with E-state index in [9.17, 15) is 4.79 Å². The third-order valence-electron chi connectivity index (χ3n) is 3.85. The molecule has 1 rings (SSSR count). The molecule has 1 aliphatic rings. The maximum atomic E-state index is 11.7. The smallest absolute Gasteiger partial charge is 0.236 e. The summed E-state index contributed by atoms with van der Waals surface area (Å²) in [6.45, 7) is 5.56. The Bertz CT molecular complexity index is 218. The van der Waals surface area contributed by atoms with Crippen molar-refractivity contribution < 1.29 is 4.79 Å². The molecule has 0 radical (unpaired) electrons. The molecule has 3 heteroatoms. The van der Waals surface area contributed by atoms with Crippen molar-refractivity contribution in [1.82, 2.24) is 10.2 Å². The summed E-state index contributed by atoms with van der Waals surface area (Å²) in [5.41, 5.74) is 0. The van der Waals surface area contributed by atoms with E-state index in [4.69, 9.17) is 0 Å². The molecule has 0 bridgehead atoms. The summed E-state index contributed by atoms with van der Waals surface area (Å²) in [4.78, 5) is 13.4. The molecule has 94 valence electrons. The Morgan fingerprint density at radius 2 is 2.00 bits per heavy atom. The van der Waals surface area contributed by atoms with Gasteiger partial charge in [0, 0.05) is 19.6 Å². The van der Waals surface area contributed by atoms with Gasteiger partial charge in [-0.05, 0) is 25.7 Å². The van der Waals surface area contributed by atoms with Crippen molar-refractivity contribution >= 4 is 5.91 Å². The summed E-state index contributed by atoms with van der Waals surface area (Å²) >= 11 is 0. The predicted molar refractivity (Wildman–Crippen MR) is 67.4 cm³/mol. The van der Waals surface area contributed by atoms with Crippen molar-refractivity contribution in [3.05, 3.63) is 0 Å². The van der Waals surface area contributed by atoms with Crippen molar-refractivity contribution in [3.8, 4) is 0 Å². The lowest BCUT2D eigenvalue weighted by Crippen LogP contribution is -2.44. The van der Waals surface area contributed by atoms with E-state index in [1.54, 1.807) is 4.90 Å². The number of hydrogen-bond donors (Lipinski definition) is 1. The molecule has 0 heterocycles. The van der Waals surface area contributed by atoms with Gasteiger partial charge in [-0.25, -0.2) is 0 Å². The van der Waals surface area contributed by atoms with Gasteiger partial charge in [0.25, 0.3) is 0 Å². The fourth-order valence-corrected chi connectivity index (χ4v) is 2.49. The first-order valence-electron chi connectivity index (χ1n) is 6.66. The van der Waals surface area contributed by atoms with E-state index in [-0.39, 0.29) is 5.91 Å². The first-order chi connectivity index (χ1) is 7.69. The van der Waals surface area contributed by atoms with E-state index in [2.05, 4.69) is 12.2 Å². The lowest BCUT2D eigenvalue weighted by Gasteiger charge is -2.32. The topological polar surface area (TPSA) is 32.3 Å². The van der Waals surface area contributed by atoms with Gasteiger partial charge in [-0.3, -0.25) is 4.79 Å². The van der Waals surface area contributed by atoms with Crippen LogP contribution in [0.25, 0.3) is 0 Å². The molecule has 1 amide bonds.